The van der Waals surface area contributed by atoms with Gasteiger partial charge in [0.25, 0.3) is 0 Å². The highest BCUT2D eigenvalue weighted by Crippen LogP contribution is 2.17. The molecule has 1 rings (SSSR count). The Bertz CT molecular complexity index is 409. The van der Waals surface area contributed by atoms with E-state index in [9.17, 15) is 18.7 Å². The largest absolute Gasteiger partial charge is 0.389 e. The van der Waals surface area contributed by atoms with Crippen LogP contribution in [0.25, 0.3) is 0 Å². The summed E-state index contributed by atoms with van der Waals surface area (Å²) in [6.45, 7) is 0.103. The van der Waals surface area contributed by atoms with Gasteiger partial charge in [-0.2, -0.15) is 0 Å². The smallest absolute Gasteiger partial charge is 0.238 e. The van der Waals surface area contributed by atoms with Crippen molar-refractivity contribution in [2.24, 2.45) is 0 Å². The maximum Gasteiger partial charge on any atom is 0.238 e. The topological polar surface area (TPSA) is 70.6 Å². The van der Waals surface area contributed by atoms with E-state index in [-0.39, 0.29) is 19.7 Å². The van der Waals surface area contributed by atoms with E-state index in [1.54, 1.807) is 0 Å². The van der Waals surface area contributed by atoms with Crippen LogP contribution < -0.4 is 10.6 Å². The van der Waals surface area contributed by atoms with Crippen LogP contribution in [-0.4, -0.2) is 43.9 Å². The van der Waals surface area contributed by atoms with Gasteiger partial charge in [-0.15, -0.1) is 0 Å². The van der Waals surface area contributed by atoms with Gasteiger partial charge in [0, 0.05) is 13.7 Å². The number of ether oxygens (including phenoxy) is 1. The van der Waals surface area contributed by atoms with Crippen molar-refractivity contribution in [2.45, 2.75) is 6.10 Å². The number of amides is 1. The van der Waals surface area contributed by atoms with E-state index in [2.05, 4.69) is 10.6 Å². The number of aliphatic hydroxyl groups excluding tert-OH is 1. The molecule has 1 aromatic rings. The molecule has 1 atom stereocenters. The first kappa shape index (κ1) is 15.5. The molecule has 19 heavy (non-hydrogen) atoms. The number of carbonyl (C=O) groups is 1. The summed E-state index contributed by atoms with van der Waals surface area (Å²) >= 11 is 0. The highest BCUT2D eigenvalue weighted by atomic mass is 19.1. The summed E-state index contributed by atoms with van der Waals surface area (Å²) in [4.78, 5) is 11.4. The number of aliphatic hydroxyl groups is 1. The molecule has 0 aliphatic heterocycles. The lowest BCUT2D eigenvalue weighted by Crippen LogP contribution is -2.35. The zero-order chi connectivity index (χ0) is 14.3. The van der Waals surface area contributed by atoms with Crippen LogP contribution in [0.5, 0.6) is 0 Å². The summed E-state index contributed by atoms with van der Waals surface area (Å²) < 4.78 is 31.2. The fourth-order valence-corrected chi connectivity index (χ4v) is 1.40. The minimum atomic E-state index is -0.840. The molecule has 0 aliphatic rings. The Kier molecular flexibility index (Phi) is 6.34. The molecule has 1 unspecified atom stereocenters. The molecule has 1 aromatic carbocycles. The fraction of sp³-hybridized carbons (Fsp3) is 0.417. The van der Waals surface area contributed by atoms with Crippen molar-refractivity contribution in [3.8, 4) is 0 Å². The van der Waals surface area contributed by atoms with Crippen molar-refractivity contribution in [3.63, 3.8) is 0 Å². The third-order valence-electron chi connectivity index (χ3n) is 2.25. The van der Waals surface area contributed by atoms with Gasteiger partial charge in [-0.05, 0) is 12.1 Å². The molecule has 0 saturated carbocycles. The maximum absolute atomic E-state index is 13.2. The van der Waals surface area contributed by atoms with Crippen molar-refractivity contribution in [2.75, 3.05) is 32.1 Å². The molecule has 0 saturated heterocycles. The van der Waals surface area contributed by atoms with Crippen molar-refractivity contribution in [1.29, 1.82) is 0 Å². The van der Waals surface area contributed by atoms with Gasteiger partial charge in [-0.25, -0.2) is 8.78 Å². The van der Waals surface area contributed by atoms with Crippen LogP contribution in [0.2, 0.25) is 0 Å². The van der Waals surface area contributed by atoms with E-state index < -0.39 is 29.3 Å². The first-order chi connectivity index (χ1) is 9.04. The fourth-order valence-electron chi connectivity index (χ4n) is 1.40. The van der Waals surface area contributed by atoms with E-state index >= 15 is 0 Å². The summed E-state index contributed by atoms with van der Waals surface area (Å²) in [6.07, 6.45) is -0.747. The van der Waals surface area contributed by atoms with E-state index in [1.165, 1.54) is 13.2 Å². The van der Waals surface area contributed by atoms with Gasteiger partial charge < -0.3 is 20.5 Å². The van der Waals surface area contributed by atoms with Gasteiger partial charge in [0.1, 0.15) is 17.3 Å². The second-order valence-corrected chi connectivity index (χ2v) is 3.88. The molecule has 0 spiro atoms. The lowest BCUT2D eigenvalue weighted by molar-refractivity contribution is -0.115. The van der Waals surface area contributed by atoms with Crippen LogP contribution in [0.4, 0.5) is 14.5 Å². The van der Waals surface area contributed by atoms with Gasteiger partial charge in [0.2, 0.25) is 5.91 Å². The number of halogens is 2. The molecule has 0 radical (unpaired) electrons. The van der Waals surface area contributed by atoms with E-state index in [0.717, 1.165) is 12.1 Å². The van der Waals surface area contributed by atoms with Gasteiger partial charge in [-0.1, -0.05) is 6.07 Å². The Morgan fingerprint density at radius 1 is 1.42 bits per heavy atom. The summed E-state index contributed by atoms with van der Waals surface area (Å²) in [6, 6.07) is 3.31. The van der Waals surface area contributed by atoms with Gasteiger partial charge >= 0.3 is 0 Å². The number of para-hydroxylation sites is 1. The van der Waals surface area contributed by atoms with Crippen LogP contribution in [0.3, 0.4) is 0 Å². The van der Waals surface area contributed by atoms with Crippen LogP contribution in [0, 0.1) is 11.6 Å². The lowest BCUT2D eigenvalue weighted by Gasteiger charge is -2.11. The van der Waals surface area contributed by atoms with Crippen LogP contribution >= 0.6 is 0 Å². The Labute approximate surface area is 109 Å². The molecule has 5 nitrogen and oxygen atoms in total. The molecular formula is C12H16F2N2O3. The standard InChI is InChI=1S/C12H16F2N2O3/c1-19-7-8(17)5-15-6-11(18)16-12-9(13)3-2-4-10(12)14/h2-4,8,15,17H,5-7H2,1H3,(H,16,18). The highest BCUT2D eigenvalue weighted by Gasteiger charge is 2.12. The molecule has 0 heterocycles. The first-order valence-corrected chi connectivity index (χ1v) is 5.66. The predicted octanol–water partition coefficient (Wildman–Crippen LogP) is 0.500. The minimum absolute atomic E-state index is 0.135. The number of methoxy groups -OCH3 is 1. The van der Waals surface area contributed by atoms with E-state index in [1.807, 2.05) is 0 Å². The monoisotopic (exact) mass is 274 g/mol. The third kappa shape index (κ3) is 5.29. The molecule has 1 amide bonds. The molecule has 3 N–H and O–H groups in total. The lowest BCUT2D eigenvalue weighted by atomic mass is 10.3. The van der Waals surface area contributed by atoms with Gasteiger partial charge in [0.15, 0.2) is 0 Å². The van der Waals surface area contributed by atoms with Crippen molar-refractivity contribution in [1.82, 2.24) is 5.32 Å². The van der Waals surface area contributed by atoms with Crippen molar-refractivity contribution >= 4 is 11.6 Å². The number of anilines is 1. The first-order valence-electron chi connectivity index (χ1n) is 5.66. The molecule has 0 aromatic heterocycles. The Morgan fingerprint density at radius 3 is 2.63 bits per heavy atom. The van der Waals surface area contributed by atoms with E-state index in [4.69, 9.17) is 4.74 Å². The predicted molar refractivity (Wildman–Crippen MR) is 65.7 cm³/mol. The number of nitrogens with one attached hydrogen (secondary N) is 2. The summed E-state index contributed by atoms with van der Waals surface area (Å²) in [5, 5.41) is 14.1. The molecule has 0 aliphatic carbocycles. The zero-order valence-electron chi connectivity index (χ0n) is 10.5. The molecule has 0 fully saturated rings. The third-order valence-corrected chi connectivity index (χ3v) is 2.25. The number of hydrogen-bond donors (Lipinski definition) is 3. The van der Waals surface area contributed by atoms with Gasteiger partial charge in [-0.3, -0.25) is 4.79 Å². The zero-order valence-corrected chi connectivity index (χ0v) is 10.5. The van der Waals surface area contributed by atoms with Crippen molar-refractivity contribution < 1.29 is 23.4 Å². The SMILES string of the molecule is COCC(O)CNCC(=O)Nc1c(F)cccc1F. The highest BCUT2D eigenvalue weighted by molar-refractivity contribution is 5.92. The molecule has 106 valence electrons. The van der Waals surface area contributed by atoms with Crippen LogP contribution in [-0.2, 0) is 9.53 Å². The Morgan fingerprint density at radius 2 is 2.05 bits per heavy atom. The normalized spacial score (nSPS) is 12.2. The number of rotatable bonds is 7. The van der Waals surface area contributed by atoms with Gasteiger partial charge in [0.05, 0.1) is 19.3 Å². The summed E-state index contributed by atoms with van der Waals surface area (Å²) in [5.41, 5.74) is -0.480. The second-order valence-electron chi connectivity index (χ2n) is 3.88. The van der Waals surface area contributed by atoms with Crippen molar-refractivity contribution in [3.05, 3.63) is 29.8 Å². The number of hydrogen-bond acceptors (Lipinski definition) is 4. The van der Waals surface area contributed by atoms with Crippen LogP contribution in [0.1, 0.15) is 0 Å². The number of benzene rings is 1. The quantitative estimate of drug-likeness (QED) is 0.677. The molecule has 0 bridgehead atoms. The maximum atomic E-state index is 13.2. The summed E-state index contributed by atoms with van der Waals surface area (Å²) in [5.74, 6) is -2.28. The molecular weight excluding hydrogens is 258 g/mol. The summed E-state index contributed by atoms with van der Waals surface area (Å²) in [7, 11) is 1.44. The second kappa shape index (κ2) is 7.78. The minimum Gasteiger partial charge on any atom is -0.389 e. The Hall–Kier alpha value is -1.57. The average Bonchev–Trinajstić information content (AvgIpc) is 2.34. The van der Waals surface area contributed by atoms with Crippen LogP contribution in [0.15, 0.2) is 18.2 Å². The Balaban J connectivity index is 2.39. The van der Waals surface area contributed by atoms with E-state index in [0.29, 0.717) is 0 Å². The number of carbonyl (C=O) groups excluding carboxylic acids is 1. The molecule has 7 heteroatoms. The average molecular weight is 274 g/mol.